The lowest BCUT2D eigenvalue weighted by atomic mass is 9.80. The van der Waals surface area contributed by atoms with Crippen LogP contribution < -0.4 is 16.0 Å². The van der Waals surface area contributed by atoms with Gasteiger partial charge in [0.15, 0.2) is 6.17 Å². The van der Waals surface area contributed by atoms with Crippen molar-refractivity contribution in [3.05, 3.63) is 276 Å². The number of aromatic nitrogens is 2. The second-order valence-corrected chi connectivity index (χ2v) is 23.3. The van der Waals surface area contributed by atoms with Crippen LogP contribution >= 0.6 is 0 Å². The number of rotatable bonds is 9. The summed E-state index contributed by atoms with van der Waals surface area (Å²) in [7, 11) is 0. The van der Waals surface area contributed by atoms with E-state index in [1.807, 2.05) is 0 Å². The highest BCUT2D eigenvalue weighted by molar-refractivity contribution is 6.32. The van der Waals surface area contributed by atoms with Crippen molar-refractivity contribution in [3.8, 4) is 22.3 Å². The minimum atomic E-state index is -0.618. The van der Waals surface area contributed by atoms with Crippen molar-refractivity contribution in [2.75, 3.05) is 0 Å². The zero-order chi connectivity index (χ0) is 55.2. The van der Waals surface area contributed by atoms with Crippen molar-refractivity contribution >= 4 is 72.5 Å². The Morgan fingerprint density at radius 3 is 1.95 bits per heavy atom. The Labute approximate surface area is 483 Å². The van der Waals surface area contributed by atoms with Crippen molar-refractivity contribution in [3.63, 3.8) is 0 Å². The molecule has 8 heteroatoms. The predicted octanol–water partition coefficient (Wildman–Crippen LogP) is 16.6. The maximum absolute atomic E-state index is 5.80. The molecule has 2 aliphatic heterocycles. The molecule has 0 radical (unpaired) electrons. The lowest BCUT2D eigenvalue weighted by Crippen LogP contribution is -2.55. The first-order valence-corrected chi connectivity index (χ1v) is 29.5. The number of benzene rings is 8. The van der Waals surface area contributed by atoms with Gasteiger partial charge in [0.25, 0.3) is 0 Å². The summed E-state index contributed by atoms with van der Waals surface area (Å²) in [6.45, 7) is 4.89. The van der Waals surface area contributed by atoms with E-state index in [2.05, 4.69) is 276 Å². The first-order chi connectivity index (χ1) is 40.9. The van der Waals surface area contributed by atoms with E-state index in [0.717, 1.165) is 88.7 Å². The number of aliphatic imine (C=N–C) groups is 3. The van der Waals surface area contributed by atoms with Crippen molar-refractivity contribution in [1.29, 1.82) is 0 Å². The van der Waals surface area contributed by atoms with Gasteiger partial charge in [0.2, 0.25) is 0 Å². The Kier molecular flexibility index (Phi) is 11.8. The molecule has 0 saturated carbocycles. The molecule has 0 spiro atoms. The molecule has 402 valence electrons. The Balaban J connectivity index is 0.967. The molecular formula is C75H62N8. The van der Waals surface area contributed by atoms with Gasteiger partial charge in [0.05, 0.1) is 28.2 Å². The SMILES string of the molecule is CC1(C)c2ccccc2-c2c1c1c3ccccc3n(C3=CCC(C4NC(c5ccccc5)=NC(c5ccccc5)N4)C=C3C3N=C(C4=CC=CCC4)NC(c4ccc(-c5ccccc5)cc4)=N3)c1c1c3ccccc3n(C3=CCCC=C3)c21. The first-order valence-electron chi connectivity index (χ1n) is 29.5. The van der Waals surface area contributed by atoms with Crippen LogP contribution in [0.15, 0.2) is 263 Å². The van der Waals surface area contributed by atoms with Gasteiger partial charge in [-0.2, -0.15) is 0 Å². The van der Waals surface area contributed by atoms with Crippen LogP contribution in [-0.4, -0.2) is 39.0 Å². The molecule has 0 bridgehead atoms. The molecule has 4 atom stereocenters. The number of para-hydroxylation sites is 2. The van der Waals surface area contributed by atoms with E-state index in [-0.39, 0.29) is 23.7 Å². The molecule has 8 aromatic carbocycles. The van der Waals surface area contributed by atoms with Crippen LogP contribution in [0.4, 0.5) is 0 Å². The van der Waals surface area contributed by atoms with E-state index in [1.54, 1.807) is 0 Å². The first kappa shape index (κ1) is 49.2. The summed E-state index contributed by atoms with van der Waals surface area (Å²) in [6, 6.07) is 68.1. The molecule has 2 aromatic heterocycles. The Morgan fingerprint density at radius 1 is 0.554 bits per heavy atom. The summed E-state index contributed by atoms with van der Waals surface area (Å²) in [4.78, 5) is 16.9. The number of nitrogens with zero attached hydrogens (tertiary/aromatic N) is 5. The highest BCUT2D eigenvalue weighted by Gasteiger charge is 2.43. The number of fused-ring (bicyclic) bond motifs is 12. The largest absolute Gasteiger partial charge is 0.354 e. The van der Waals surface area contributed by atoms with E-state index in [0.29, 0.717) is 0 Å². The number of hydrogen-bond acceptors (Lipinski definition) is 6. The highest BCUT2D eigenvalue weighted by atomic mass is 15.3. The second-order valence-electron chi connectivity index (χ2n) is 23.3. The van der Waals surface area contributed by atoms with Gasteiger partial charge >= 0.3 is 0 Å². The second kappa shape index (κ2) is 19.8. The fraction of sp³-hybridized carbons (Fsp3) is 0.160. The van der Waals surface area contributed by atoms with Crippen LogP contribution in [0, 0.1) is 5.92 Å². The zero-order valence-electron chi connectivity index (χ0n) is 46.6. The maximum atomic E-state index is 5.80. The quantitative estimate of drug-likeness (QED) is 0.135. The number of hydrogen-bond donors (Lipinski definition) is 3. The van der Waals surface area contributed by atoms with Gasteiger partial charge < -0.3 is 19.8 Å². The lowest BCUT2D eigenvalue weighted by Gasteiger charge is -2.37. The van der Waals surface area contributed by atoms with Crippen LogP contribution in [-0.2, 0) is 5.41 Å². The molecule has 83 heavy (non-hydrogen) atoms. The third kappa shape index (κ3) is 8.10. The third-order valence-corrected chi connectivity index (χ3v) is 18.0. The van der Waals surface area contributed by atoms with E-state index >= 15 is 0 Å². The van der Waals surface area contributed by atoms with Gasteiger partial charge in [0, 0.05) is 66.5 Å². The molecule has 0 saturated heterocycles. The van der Waals surface area contributed by atoms with Crippen LogP contribution in [0.1, 0.15) is 79.9 Å². The summed E-state index contributed by atoms with van der Waals surface area (Å²) in [6.07, 6.45) is 22.3. The summed E-state index contributed by atoms with van der Waals surface area (Å²) in [5.41, 5.74) is 19.9. The Morgan fingerprint density at radius 2 is 1.20 bits per heavy atom. The summed E-state index contributed by atoms with van der Waals surface area (Å²) < 4.78 is 5.22. The molecule has 0 fully saturated rings. The summed E-state index contributed by atoms with van der Waals surface area (Å²) in [5.74, 6) is 2.48. The van der Waals surface area contributed by atoms with Crippen LogP contribution in [0.25, 0.3) is 77.3 Å². The van der Waals surface area contributed by atoms with Gasteiger partial charge in [-0.05, 0) is 89.3 Å². The molecule has 4 unspecified atom stereocenters. The molecule has 8 nitrogen and oxygen atoms in total. The van der Waals surface area contributed by atoms with E-state index in [4.69, 9.17) is 15.0 Å². The van der Waals surface area contributed by atoms with Gasteiger partial charge in [-0.3, -0.25) is 5.32 Å². The minimum Gasteiger partial charge on any atom is -0.354 e. The molecule has 10 aromatic rings. The average Bonchev–Trinajstić information content (AvgIpc) is 1.61. The highest BCUT2D eigenvalue weighted by Crippen LogP contribution is 2.59. The molecule has 16 rings (SSSR count). The molecule has 3 N–H and O–H groups in total. The maximum Gasteiger partial charge on any atom is 0.171 e. The fourth-order valence-corrected chi connectivity index (χ4v) is 14.2. The van der Waals surface area contributed by atoms with Crippen molar-refractivity contribution in [2.24, 2.45) is 20.9 Å². The topological polar surface area (TPSA) is 83.0 Å². The van der Waals surface area contributed by atoms with Crippen LogP contribution in [0.3, 0.4) is 0 Å². The van der Waals surface area contributed by atoms with Crippen molar-refractivity contribution < 1.29 is 0 Å². The summed E-state index contributed by atoms with van der Waals surface area (Å²) >= 11 is 0. The van der Waals surface area contributed by atoms with Crippen LogP contribution in [0.2, 0.25) is 0 Å². The van der Waals surface area contributed by atoms with Gasteiger partial charge in [-0.25, -0.2) is 15.0 Å². The third-order valence-electron chi connectivity index (χ3n) is 18.0. The zero-order valence-corrected chi connectivity index (χ0v) is 46.6. The number of nitrogens with one attached hydrogen (secondary N) is 3. The van der Waals surface area contributed by atoms with Gasteiger partial charge in [-0.1, -0.05) is 232 Å². The minimum absolute atomic E-state index is 0.0407. The van der Waals surface area contributed by atoms with Crippen molar-refractivity contribution in [1.82, 2.24) is 25.1 Å². The lowest BCUT2D eigenvalue weighted by molar-refractivity contribution is 0.327. The molecule has 0 amide bonds. The standard InChI is InChI=1S/C75H62N8/c1-75(2)59-37-21-18-34-55(59)63-66(75)64-56-35-19-23-39-61(56)83(68(64)65-57-36-20-22-38-60(57)82(67(63)65)54-32-16-7-17-33-54)62-45-44-53(73-78-69(49-26-10-4-11-27-49)76-70(79-73)50-28-12-5-13-29-50)46-58(62)74-80-71(51-30-14-6-15-31-51)77-72(81-74)52-42-40-48(41-43-52)47-24-8-3-9-25-47/h3-6,8-14,16,18-30,32-43,45-46,53,69,73-74,78H,7,15,17,31,44H2,1-2H3,(H,76,79)(H,77,80,81). The fourth-order valence-electron chi connectivity index (χ4n) is 14.2. The molecule has 6 aliphatic rings. The van der Waals surface area contributed by atoms with E-state index < -0.39 is 6.17 Å². The molecule has 4 aliphatic carbocycles. The predicted molar refractivity (Wildman–Crippen MR) is 345 cm³/mol. The van der Waals surface area contributed by atoms with Crippen LogP contribution in [0.5, 0.6) is 0 Å². The smallest absolute Gasteiger partial charge is 0.171 e. The Bertz CT molecular complexity index is 4580. The monoisotopic (exact) mass is 1070 g/mol. The normalized spacial score (nSPS) is 20.8. The van der Waals surface area contributed by atoms with Crippen molar-refractivity contribution in [2.45, 2.75) is 69.9 Å². The van der Waals surface area contributed by atoms with Gasteiger partial charge in [0.1, 0.15) is 23.7 Å². The van der Waals surface area contributed by atoms with E-state index in [1.165, 1.54) is 77.2 Å². The van der Waals surface area contributed by atoms with Gasteiger partial charge in [-0.15, -0.1) is 0 Å². The average molecular weight is 1080 g/mol. The number of allylic oxidation sites excluding steroid dienone is 8. The molecular weight excluding hydrogens is 1010 g/mol. The summed E-state index contributed by atoms with van der Waals surface area (Å²) in [5, 5.41) is 16.8. The van der Waals surface area contributed by atoms with E-state index in [9.17, 15) is 0 Å². The molecule has 4 heterocycles. The number of amidine groups is 3. The Hall–Kier alpha value is -9.63.